The second kappa shape index (κ2) is 5.05. The third-order valence-corrected chi connectivity index (χ3v) is 3.73. The third kappa shape index (κ3) is 3.43. The molecule has 94 valence electrons. The molecule has 1 aliphatic rings. The van der Waals surface area contributed by atoms with Crippen LogP contribution in [0.25, 0.3) is 0 Å². The molecule has 1 saturated heterocycles. The molecule has 0 aromatic carbocycles. The van der Waals surface area contributed by atoms with Crippen LogP contribution in [0.2, 0.25) is 0 Å². The topological polar surface area (TPSA) is 42.2 Å². The monoisotopic (exact) mass is 233 g/mol. The van der Waals surface area contributed by atoms with Crippen LogP contribution in [0.4, 0.5) is 5.69 Å². The fourth-order valence-electron chi connectivity index (χ4n) is 2.43. The average molecular weight is 233 g/mol. The molecular formula is C14H23N3. The number of hydrogen-bond acceptors (Lipinski definition) is 3. The molecule has 1 aromatic rings. The Morgan fingerprint density at radius 1 is 1.35 bits per heavy atom. The summed E-state index contributed by atoms with van der Waals surface area (Å²) < 4.78 is 0. The Morgan fingerprint density at radius 3 is 2.94 bits per heavy atom. The number of nitrogens with two attached hydrogens (primary N) is 1. The Kier molecular flexibility index (Phi) is 3.67. The van der Waals surface area contributed by atoms with Crippen LogP contribution in [0.3, 0.4) is 0 Å². The van der Waals surface area contributed by atoms with Gasteiger partial charge in [-0.2, -0.15) is 0 Å². The number of pyridine rings is 1. The maximum atomic E-state index is 5.94. The summed E-state index contributed by atoms with van der Waals surface area (Å²) >= 11 is 0. The van der Waals surface area contributed by atoms with Gasteiger partial charge in [0.2, 0.25) is 0 Å². The second-order valence-corrected chi connectivity index (χ2v) is 5.83. The summed E-state index contributed by atoms with van der Waals surface area (Å²) in [5.74, 6) is 0. The van der Waals surface area contributed by atoms with Crippen molar-refractivity contribution in [2.45, 2.75) is 39.7 Å². The standard InChI is InChI=1S/C14H23N3/c1-14(2)6-4-9-17(10-7-14)11-13-12(15)5-3-8-16-13/h3,5,8H,4,6-7,9-11,15H2,1-2H3. The van der Waals surface area contributed by atoms with Gasteiger partial charge in [-0.3, -0.25) is 9.88 Å². The van der Waals surface area contributed by atoms with E-state index in [1.165, 1.54) is 25.8 Å². The molecule has 3 nitrogen and oxygen atoms in total. The van der Waals surface area contributed by atoms with Crippen LogP contribution in [0.5, 0.6) is 0 Å². The highest BCUT2D eigenvalue weighted by atomic mass is 15.1. The first-order valence-corrected chi connectivity index (χ1v) is 6.49. The van der Waals surface area contributed by atoms with Crippen LogP contribution < -0.4 is 5.73 Å². The minimum atomic E-state index is 0.490. The highest BCUT2D eigenvalue weighted by Gasteiger charge is 2.23. The van der Waals surface area contributed by atoms with E-state index in [1.807, 2.05) is 18.3 Å². The Balaban J connectivity index is 1.98. The lowest BCUT2D eigenvalue weighted by Gasteiger charge is -2.23. The van der Waals surface area contributed by atoms with Gasteiger partial charge in [-0.25, -0.2) is 0 Å². The van der Waals surface area contributed by atoms with E-state index in [1.54, 1.807) is 0 Å². The lowest BCUT2D eigenvalue weighted by atomic mass is 9.85. The Labute approximate surface area is 104 Å². The van der Waals surface area contributed by atoms with Crippen LogP contribution in [0, 0.1) is 5.41 Å². The number of aromatic nitrogens is 1. The maximum Gasteiger partial charge on any atom is 0.0772 e. The number of nitrogens with zero attached hydrogens (tertiary/aromatic N) is 2. The van der Waals surface area contributed by atoms with Crippen molar-refractivity contribution in [3.63, 3.8) is 0 Å². The summed E-state index contributed by atoms with van der Waals surface area (Å²) in [5, 5.41) is 0. The SMILES string of the molecule is CC1(C)CCCN(Cc2ncccc2N)CC1. The molecule has 0 radical (unpaired) electrons. The van der Waals surface area contributed by atoms with E-state index in [0.717, 1.165) is 24.5 Å². The molecule has 2 N–H and O–H groups in total. The Hall–Kier alpha value is -1.09. The molecule has 0 atom stereocenters. The van der Waals surface area contributed by atoms with Crippen LogP contribution in [-0.4, -0.2) is 23.0 Å². The normalized spacial score (nSPS) is 21.1. The molecule has 0 bridgehead atoms. The second-order valence-electron chi connectivity index (χ2n) is 5.83. The Morgan fingerprint density at radius 2 is 2.18 bits per heavy atom. The zero-order valence-corrected chi connectivity index (χ0v) is 10.9. The van der Waals surface area contributed by atoms with Crippen molar-refractivity contribution in [3.8, 4) is 0 Å². The molecule has 1 aromatic heterocycles. The summed E-state index contributed by atoms with van der Waals surface area (Å²) in [6, 6.07) is 3.83. The van der Waals surface area contributed by atoms with Crippen molar-refractivity contribution < 1.29 is 0 Å². The number of rotatable bonds is 2. The van der Waals surface area contributed by atoms with Gasteiger partial charge in [0, 0.05) is 12.7 Å². The maximum absolute atomic E-state index is 5.94. The molecule has 0 spiro atoms. The number of likely N-dealkylation sites (tertiary alicyclic amines) is 1. The van der Waals surface area contributed by atoms with E-state index < -0.39 is 0 Å². The fourth-order valence-corrected chi connectivity index (χ4v) is 2.43. The molecule has 2 heterocycles. The molecule has 0 aliphatic carbocycles. The molecule has 2 rings (SSSR count). The zero-order chi connectivity index (χ0) is 12.3. The third-order valence-electron chi connectivity index (χ3n) is 3.73. The Bertz CT molecular complexity index is 373. The van der Waals surface area contributed by atoms with Crippen LogP contribution in [0.1, 0.15) is 38.8 Å². The van der Waals surface area contributed by atoms with Crippen LogP contribution >= 0.6 is 0 Å². The van der Waals surface area contributed by atoms with Crippen LogP contribution in [-0.2, 0) is 6.54 Å². The van der Waals surface area contributed by atoms with E-state index in [-0.39, 0.29) is 0 Å². The minimum Gasteiger partial charge on any atom is -0.397 e. The molecule has 3 heteroatoms. The first-order valence-electron chi connectivity index (χ1n) is 6.49. The largest absolute Gasteiger partial charge is 0.397 e. The van der Waals surface area contributed by atoms with Gasteiger partial charge >= 0.3 is 0 Å². The number of hydrogen-bond donors (Lipinski definition) is 1. The van der Waals surface area contributed by atoms with Crippen molar-refractivity contribution >= 4 is 5.69 Å². The fraction of sp³-hybridized carbons (Fsp3) is 0.643. The molecule has 1 fully saturated rings. The molecule has 0 unspecified atom stereocenters. The first-order chi connectivity index (χ1) is 8.07. The lowest BCUT2D eigenvalue weighted by molar-refractivity contribution is 0.254. The number of anilines is 1. The van der Waals surface area contributed by atoms with E-state index in [9.17, 15) is 0 Å². The summed E-state index contributed by atoms with van der Waals surface area (Å²) in [7, 11) is 0. The lowest BCUT2D eigenvalue weighted by Crippen LogP contribution is -2.26. The quantitative estimate of drug-likeness (QED) is 0.854. The van der Waals surface area contributed by atoms with E-state index >= 15 is 0 Å². The van der Waals surface area contributed by atoms with Crippen molar-refractivity contribution in [2.75, 3.05) is 18.8 Å². The predicted octanol–water partition coefficient (Wildman–Crippen LogP) is 2.68. The van der Waals surface area contributed by atoms with E-state index in [4.69, 9.17) is 5.73 Å². The first kappa shape index (κ1) is 12.4. The molecular weight excluding hydrogens is 210 g/mol. The summed E-state index contributed by atoms with van der Waals surface area (Å²) in [6.07, 6.45) is 5.69. The zero-order valence-electron chi connectivity index (χ0n) is 10.9. The summed E-state index contributed by atoms with van der Waals surface area (Å²) in [5.41, 5.74) is 8.27. The van der Waals surface area contributed by atoms with E-state index in [0.29, 0.717) is 5.41 Å². The molecule has 17 heavy (non-hydrogen) atoms. The van der Waals surface area contributed by atoms with Crippen LogP contribution in [0.15, 0.2) is 18.3 Å². The van der Waals surface area contributed by atoms with Crippen molar-refractivity contribution in [2.24, 2.45) is 5.41 Å². The predicted molar refractivity (Wildman–Crippen MR) is 71.6 cm³/mol. The van der Waals surface area contributed by atoms with Gasteiger partial charge in [0.25, 0.3) is 0 Å². The molecule has 1 aliphatic heterocycles. The highest BCUT2D eigenvalue weighted by molar-refractivity contribution is 5.41. The molecule has 0 amide bonds. The van der Waals surface area contributed by atoms with Crippen molar-refractivity contribution in [1.29, 1.82) is 0 Å². The van der Waals surface area contributed by atoms with Gasteiger partial charge in [-0.1, -0.05) is 13.8 Å². The number of nitrogen functional groups attached to an aromatic ring is 1. The summed E-state index contributed by atoms with van der Waals surface area (Å²) in [4.78, 5) is 6.85. The van der Waals surface area contributed by atoms with Crippen molar-refractivity contribution in [1.82, 2.24) is 9.88 Å². The van der Waals surface area contributed by atoms with Gasteiger partial charge in [-0.15, -0.1) is 0 Å². The van der Waals surface area contributed by atoms with E-state index in [2.05, 4.69) is 23.7 Å². The average Bonchev–Trinajstić information content (AvgIpc) is 2.44. The minimum absolute atomic E-state index is 0.490. The van der Waals surface area contributed by atoms with Gasteiger partial charge in [0.15, 0.2) is 0 Å². The smallest absolute Gasteiger partial charge is 0.0772 e. The highest BCUT2D eigenvalue weighted by Crippen LogP contribution is 2.30. The van der Waals surface area contributed by atoms with Gasteiger partial charge in [-0.05, 0) is 49.9 Å². The summed E-state index contributed by atoms with van der Waals surface area (Å²) in [6.45, 7) is 7.95. The van der Waals surface area contributed by atoms with Crippen molar-refractivity contribution in [3.05, 3.63) is 24.0 Å². The van der Waals surface area contributed by atoms with Gasteiger partial charge in [0.1, 0.15) is 0 Å². The molecule has 0 saturated carbocycles. The van der Waals surface area contributed by atoms with Gasteiger partial charge in [0.05, 0.1) is 11.4 Å². The van der Waals surface area contributed by atoms with Gasteiger partial charge < -0.3 is 5.73 Å².